The summed E-state index contributed by atoms with van der Waals surface area (Å²) in [4.78, 5) is 37.3. The Bertz CT molecular complexity index is 923. The van der Waals surface area contributed by atoms with Gasteiger partial charge in [0, 0.05) is 30.3 Å². The second-order valence-corrected chi connectivity index (χ2v) is 6.38. The van der Waals surface area contributed by atoms with Gasteiger partial charge in [-0.05, 0) is 49.2 Å². The molecule has 0 saturated carbocycles. The summed E-state index contributed by atoms with van der Waals surface area (Å²) in [5.41, 5.74) is 2.15. The molecular formula is C20H20N2O5. The lowest BCUT2D eigenvalue weighted by Gasteiger charge is -2.19. The Morgan fingerprint density at radius 3 is 2.52 bits per heavy atom. The second kappa shape index (κ2) is 7.49. The minimum absolute atomic E-state index is 0.0473. The summed E-state index contributed by atoms with van der Waals surface area (Å²) in [5, 5.41) is 11.9. The lowest BCUT2D eigenvalue weighted by molar-refractivity contribution is -0.117. The molecule has 0 aliphatic carbocycles. The van der Waals surface area contributed by atoms with Crippen molar-refractivity contribution in [2.24, 2.45) is 0 Å². The molecular weight excluding hydrogens is 348 g/mol. The summed E-state index contributed by atoms with van der Waals surface area (Å²) < 4.78 is 5.38. The van der Waals surface area contributed by atoms with E-state index in [4.69, 9.17) is 9.84 Å². The molecule has 1 aliphatic heterocycles. The summed E-state index contributed by atoms with van der Waals surface area (Å²) in [6.45, 7) is 2.37. The molecule has 0 radical (unpaired) electrons. The van der Waals surface area contributed by atoms with Crippen molar-refractivity contribution in [3.05, 3.63) is 53.1 Å². The van der Waals surface area contributed by atoms with Gasteiger partial charge in [-0.25, -0.2) is 4.79 Å². The maximum atomic E-state index is 12.5. The highest BCUT2D eigenvalue weighted by Crippen LogP contribution is 2.34. The first-order valence-electron chi connectivity index (χ1n) is 8.54. The largest absolute Gasteiger partial charge is 0.494 e. The Morgan fingerprint density at radius 2 is 1.89 bits per heavy atom. The number of hydrogen-bond donors (Lipinski definition) is 2. The molecule has 2 N–H and O–H groups in total. The summed E-state index contributed by atoms with van der Waals surface area (Å²) in [6, 6.07) is 9.53. The van der Waals surface area contributed by atoms with E-state index in [1.54, 1.807) is 36.1 Å². The molecule has 3 rings (SSSR count). The van der Waals surface area contributed by atoms with Crippen LogP contribution in [0.4, 0.5) is 11.4 Å². The number of nitrogens with zero attached hydrogens (tertiary/aromatic N) is 1. The number of carbonyl (C=O) groups is 3. The van der Waals surface area contributed by atoms with Crippen LogP contribution in [0.2, 0.25) is 0 Å². The third-order valence-corrected chi connectivity index (χ3v) is 4.39. The molecule has 0 aromatic heterocycles. The van der Waals surface area contributed by atoms with Gasteiger partial charge in [0.15, 0.2) is 0 Å². The monoisotopic (exact) mass is 368 g/mol. The van der Waals surface area contributed by atoms with E-state index < -0.39 is 11.9 Å². The molecule has 1 fully saturated rings. The van der Waals surface area contributed by atoms with E-state index in [0.717, 1.165) is 6.42 Å². The number of aryl methyl sites for hydroxylation is 1. The molecule has 27 heavy (non-hydrogen) atoms. The lowest BCUT2D eigenvalue weighted by atomic mass is 10.1. The Morgan fingerprint density at radius 1 is 1.15 bits per heavy atom. The standard InChI is InChI=1S/C20H20N2O5/c1-12-8-13(10-14(9-12)20(25)26)19(24)21-15-5-6-16(17(11-15)27-2)22-7-3-4-18(22)23/h5-6,8-11H,3-4,7H2,1-2H3,(H,21,24)(H,25,26). The Labute approximate surface area is 156 Å². The van der Waals surface area contributed by atoms with Gasteiger partial charge in [-0.15, -0.1) is 0 Å². The summed E-state index contributed by atoms with van der Waals surface area (Å²) in [5.74, 6) is -0.980. The topological polar surface area (TPSA) is 95.9 Å². The van der Waals surface area contributed by atoms with Crippen LogP contribution in [0.3, 0.4) is 0 Å². The van der Waals surface area contributed by atoms with E-state index in [1.807, 2.05) is 0 Å². The molecule has 0 unspecified atom stereocenters. The van der Waals surface area contributed by atoms with Crippen LogP contribution in [0, 0.1) is 6.92 Å². The highest BCUT2D eigenvalue weighted by Gasteiger charge is 2.24. The number of hydrogen-bond acceptors (Lipinski definition) is 4. The van der Waals surface area contributed by atoms with Gasteiger partial charge in [0.2, 0.25) is 5.91 Å². The number of anilines is 2. The van der Waals surface area contributed by atoms with Gasteiger partial charge < -0.3 is 20.1 Å². The van der Waals surface area contributed by atoms with Crippen molar-refractivity contribution in [3.63, 3.8) is 0 Å². The zero-order valence-corrected chi connectivity index (χ0v) is 15.1. The average Bonchev–Trinajstić information content (AvgIpc) is 3.06. The van der Waals surface area contributed by atoms with Gasteiger partial charge in [-0.1, -0.05) is 0 Å². The first-order chi connectivity index (χ1) is 12.9. The smallest absolute Gasteiger partial charge is 0.335 e. The van der Waals surface area contributed by atoms with Crippen LogP contribution in [-0.4, -0.2) is 36.5 Å². The summed E-state index contributed by atoms with van der Waals surface area (Å²) in [7, 11) is 1.50. The second-order valence-electron chi connectivity index (χ2n) is 6.38. The van der Waals surface area contributed by atoms with Crippen molar-refractivity contribution in [3.8, 4) is 5.75 Å². The summed E-state index contributed by atoms with van der Waals surface area (Å²) in [6.07, 6.45) is 1.32. The number of amides is 2. The minimum Gasteiger partial charge on any atom is -0.494 e. The predicted molar refractivity (Wildman–Crippen MR) is 101 cm³/mol. The number of methoxy groups -OCH3 is 1. The number of aromatic carboxylic acids is 1. The molecule has 1 heterocycles. The molecule has 0 bridgehead atoms. The maximum Gasteiger partial charge on any atom is 0.335 e. The van der Waals surface area contributed by atoms with E-state index >= 15 is 0 Å². The number of carboxylic acids is 1. The molecule has 7 nitrogen and oxygen atoms in total. The third-order valence-electron chi connectivity index (χ3n) is 4.39. The van der Waals surface area contributed by atoms with Gasteiger partial charge in [-0.2, -0.15) is 0 Å². The van der Waals surface area contributed by atoms with E-state index in [-0.39, 0.29) is 17.0 Å². The molecule has 2 amide bonds. The fraction of sp³-hybridized carbons (Fsp3) is 0.250. The van der Waals surface area contributed by atoms with Crippen molar-refractivity contribution in [2.45, 2.75) is 19.8 Å². The molecule has 0 spiro atoms. The van der Waals surface area contributed by atoms with E-state index in [0.29, 0.717) is 35.7 Å². The van der Waals surface area contributed by atoms with Crippen LogP contribution in [0.5, 0.6) is 5.75 Å². The third kappa shape index (κ3) is 3.92. The minimum atomic E-state index is -1.09. The van der Waals surface area contributed by atoms with Crippen molar-refractivity contribution < 1.29 is 24.2 Å². The van der Waals surface area contributed by atoms with Crippen LogP contribution in [0.25, 0.3) is 0 Å². The van der Waals surface area contributed by atoms with Gasteiger partial charge in [0.1, 0.15) is 5.75 Å². The van der Waals surface area contributed by atoms with Crippen LogP contribution in [-0.2, 0) is 4.79 Å². The number of rotatable bonds is 5. The van der Waals surface area contributed by atoms with Crippen molar-refractivity contribution in [2.75, 3.05) is 23.9 Å². The zero-order chi connectivity index (χ0) is 19.6. The van der Waals surface area contributed by atoms with Crippen LogP contribution >= 0.6 is 0 Å². The fourth-order valence-corrected chi connectivity index (χ4v) is 3.12. The van der Waals surface area contributed by atoms with Gasteiger partial charge in [0.05, 0.1) is 18.4 Å². The molecule has 2 aromatic rings. The van der Waals surface area contributed by atoms with E-state index in [1.165, 1.54) is 19.2 Å². The van der Waals surface area contributed by atoms with Gasteiger partial charge in [-0.3, -0.25) is 9.59 Å². The quantitative estimate of drug-likeness (QED) is 0.845. The highest BCUT2D eigenvalue weighted by atomic mass is 16.5. The molecule has 7 heteroatoms. The number of carbonyl (C=O) groups excluding carboxylic acids is 2. The van der Waals surface area contributed by atoms with Gasteiger partial charge in [0.25, 0.3) is 5.91 Å². The number of benzene rings is 2. The normalized spacial score (nSPS) is 13.6. The highest BCUT2D eigenvalue weighted by molar-refractivity contribution is 6.06. The van der Waals surface area contributed by atoms with Crippen LogP contribution in [0.15, 0.2) is 36.4 Å². The average molecular weight is 368 g/mol. The number of nitrogens with one attached hydrogen (secondary N) is 1. The lowest BCUT2D eigenvalue weighted by Crippen LogP contribution is -2.24. The van der Waals surface area contributed by atoms with Crippen molar-refractivity contribution >= 4 is 29.2 Å². The number of carboxylic acid groups (broad SMARTS) is 1. The van der Waals surface area contributed by atoms with Crippen molar-refractivity contribution in [1.82, 2.24) is 0 Å². The Balaban J connectivity index is 1.84. The molecule has 0 atom stereocenters. The fourth-order valence-electron chi connectivity index (χ4n) is 3.12. The predicted octanol–water partition coefficient (Wildman–Crippen LogP) is 3.08. The Hall–Kier alpha value is -3.35. The first-order valence-corrected chi connectivity index (χ1v) is 8.54. The SMILES string of the molecule is COc1cc(NC(=O)c2cc(C)cc(C(=O)O)c2)ccc1N1CCCC1=O. The van der Waals surface area contributed by atoms with Crippen molar-refractivity contribution in [1.29, 1.82) is 0 Å². The molecule has 2 aromatic carbocycles. The Kier molecular flexibility index (Phi) is 5.12. The zero-order valence-electron chi connectivity index (χ0n) is 15.1. The molecule has 1 saturated heterocycles. The maximum absolute atomic E-state index is 12.5. The number of ether oxygens (including phenoxy) is 1. The molecule has 140 valence electrons. The van der Waals surface area contributed by atoms with E-state index in [2.05, 4.69) is 5.32 Å². The van der Waals surface area contributed by atoms with E-state index in [9.17, 15) is 14.4 Å². The van der Waals surface area contributed by atoms with Crippen LogP contribution in [0.1, 0.15) is 39.1 Å². The first kappa shape index (κ1) is 18.4. The molecule has 1 aliphatic rings. The van der Waals surface area contributed by atoms with Gasteiger partial charge >= 0.3 is 5.97 Å². The van der Waals surface area contributed by atoms with Crippen LogP contribution < -0.4 is 15.0 Å². The summed E-state index contributed by atoms with van der Waals surface area (Å²) >= 11 is 0.